The lowest BCUT2D eigenvalue weighted by Gasteiger charge is -2.39. The molecule has 0 aliphatic carbocycles. The molecule has 0 radical (unpaired) electrons. The van der Waals surface area contributed by atoms with Crippen molar-refractivity contribution in [1.82, 2.24) is 10.2 Å². The SMILES string of the molecule is CN=C(NCCOCc1ccccc1)N1CCS(=O)(=O)C(C)(C)C1. The first kappa shape index (κ1) is 18.7. The van der Waals surface area contributed by atoms with Crippen molar-refractivity contribution in [3.05, 3.63) is 35.9 Å². The van der Waals surface area contributed by atoms with Gasteiger partial charge in [0.05, 0.1) is 23.7 Å². The highest BCUT2D eigenvalue weighted by Crippen LogP contribution is 2.23. The van der Waals surface area contributed by atoms with E-state index in [0.717, 1.165) is 11.5 Å². The molecule has 0 aromatic heterocycles. The fraction of sp³-hybridized carbons (Fsp3) is 0.588. The number of aliphatic imine (C=N–C) groups is 1. The Morgan fingerprint density at radius 1 is 1.33 bits per heavy atom. The molecule has 0 unspecified atom stereocenters. The summed E-state index contributed by atoms with van der Waals surface area (Å²) in [4.78, 5) is 6.26. The molecule has 0 bridgehead atoms. The minimum absolute atomic E-state index is 0.158. The summed E-state index contributed by atoms with van der Waals surface area (Å²) in [6.07, 6.45) is 0. The number of hydrogen-bond donors (Lipinski definition) is 1. The van der Waals surface area contributed by atoms with E-state index in [4.69, 9.17) is 4.74 Å². The van der Waals surface area contributed by atoms with Gasteiger partial charge < -0.3 is 15.0 Å². The average Bonchev–Trinajstić information content (AvgIpc) is 2.55. The van der Waals surface area contributed by atoms with E-state index in [9.17, 15) is 8.42 Å². The van der Waals surface area contributed by atoms with Crippen molar-refractivity contribution < 1.29 is 13.2 Å². The summed E-state index contributed by atoms with van der Waals surface area (Å²) in [6, 6.07) is 10.0. The average molecular weight is 353 g/mol. The van der Waals surface area contributed by atoms with E-state index in [0.29, 0.717) is 32.8 Å². The highest BCUT2D eigenvalue weighted by molar-refractivity contribution is 7.92. The largest absolute Gasteiger partial charge is 0.375 e. The second-order valence-electron chi connectivity index (χ2n) is 6.51. The zero-order valence-corrected chi connectivity index (χ0v) is 15.5. The van der Waals surface area contributed by atoms with Gasteiger partial charge in [-0.15, -0.1) is 0 Å². The third-order valence-electron chi connectivity index (χ3n) is 4.20. The van der Waals surface area contributed by atoms with Gasteiger partial charge in [-0.1, -0.05) is 30.3 Å². The molecule has 1 aliphatic heterocycles. The lowest BCUT2D eigenvalue weighted by atomic mass is 10.2. The monoisotopic (exact) mass is 353 g/mol. The fourth-order valence-corrected chi connectivity index (χ4v) is 4.02. The van der Waals surface area contributed by atoms with Gasteiger partial charge in [-0.05, 0) is 19.4 Å². The van der Waals surface area contributed by atoms with Crippen LogP contribution >= 0.6 is 0 Å². The molecule has 2 rings (SSSR count). The summed E-state index contributed by atoms with van der Waals surface area (Å²) in [5, 5.41) is 3.25. The van der Waals surface area contributed by atoms with Crippen molar-refractivity contribution in [2.75, 3.05) is 39.0 Å². The molecule has 7 heteroatoms. The number of sulfone groups is 1. The second kappa shape index (κ2) is 7.98. The van der Waals surface area contributed by atoms with Gasteiger partial charge >= 0.3 is 0 Å². The summed E-state index contributed by atoms with van der Waals surface area (Å²) in [5.74, 6) is 0.881. The van der Waals surface area contributed by atoms with Crippen molar-refractivity contribution in [2.24, 2.45) is 4.99 Å². The number of ether oxygens (including phenoxy) is 1. The Morgan fingerprint density at radius 2 is 2.04 bits per heavy atom. The van der Waals surface area contributed by atoms with E-state index in [-0.39, 0.29) is 5.75 Å². The fourth-order valence-electron chi connectivity index (χ4n) is 2.66. The van der Waals surface area contributed by atoms with Gasteiger partial charge in [0.25, 0.3) is 0 Å². The van der Waals surface area contributed by atoms with Crippen molar-refractivity contribution in [2.45, 2.75) is 25.2 Å². The van der Waals surface area contributed by atoms with Crippen LogP contribution in [0, 0.1) is 0 Å². The molecule has 134 valence electrons. The summed E-state index contributed by atoms with van der Waals surface area (Å²) < 4.78 is 29.1. The highest BCUT2D eigenvalue weighted by Gasteiger charge is 2.40. The van der Waals surface area contributed by atoms with Crippen molar-refractivity contribution >= 4 is 15.8 Å². The first-order chi connectivity index (χ1) is 11.4. The molecule has 0 atom stereocenters. The predicted octanol–water partition coefficient (Wildman–Crippen LogP) is 1.29. The van der Waals surface area contributed by atoms with Crippen LogP contribution in [0.15, 0.2) is 35.3 Å². The third-order valence-corrected chi connectivity index (χ3v) is 6.73. The molecule has 1 aliphatic rings. The zero-order valence-electron chi connectivity index (χ0n) is 14.7. The van der Waals surface area contributed by atoms with Crippen LogP contribution in [-0.4, -0.2) is 63.1 Å². The van der Waals surface area contributed by atoms with Crippen molar-refractivity contribution in [1.29, 1.82) is 0 Å². The predicted molar refractivity (Wildman–Crippen MR) is 96.9 cm³/mol. The van der Waals surface area contributed by atoms with Crippen molar-refractivity contribution in [3.63, 3.8) is 0 Å². The molecule has 0 saturated carbocycles. The van der Waals surface area contributed by atoms with E-state index in [1.807, 2.05) is 35.2 Å². The van der Waals surface area contributed by atoms with Gasteiger partial charge in [0.1, 0.15) is 0 Å². The molecule has 1 N–H and O–H groups in total. The number of nitrogens with zero attached hydrogens (tertiary/aromatic N) is 2. The summed E-state index contributed by atoms with van der Waals surface area (Å²) in [6.45, 7) is 6.22. The number of hydrogen-bond acceptors (Lipinski definition) is 4. The second-order valence-corrected chi connectivity index (χ2v) is 9.26. The van der Waals surface area contributed by atoms with Crippen LogP contribution in [-0.2, 0) is 21.2 Å². The molecule has 0 amide bonds. The lowest BCUT2D eigenvalue weighted by Crippen LogP contribution is -2.57. The third kappa shape index (κ3) is 4.70. The Morgan fingerprint density at radius 3 is 2.67 bits per heavy atom. The maximum Gasteiger partial charge on any atom is 0.193 e. The van der Waals surface area contributed by atoms with Crippen LogP contribution in [0.3, 0.4) is 0 Å². The maximum absolute atomic E-state index is 12.1. The normalized spacial score (nSPS) is 20.0. The van der Waals surface area contributed by atoms with Crippen LogP contribution in [0.4, 0.5) is 0 Å². The van der Waals surface area contributed by atoms with Gasteiger partial charge in [-0.2, -0.15) is 0 Å². The Balaban J connectivity index is 1.77. The first-order valence-corrected chi connectivity index (χ1v) is 9.80. The maximum atomic E-state index is 12.1. The minimum Gasteiger partial charge on any atom is -0.375 e. The molecule has 24 heavy (non-hydrogen) atoms. The van der Waals surface area contributed by atoms with E-state index in [1.165, 1.54) is 0 Å². The van der Waals surface area contributed by atoms with Gasteiger partial charge in [0, 0.05) is 26.7 Å². The van der Waals surface area contributed by atoms with Gasteiger partial charge in [-0.25, -0.2) is 8.42 Å². The Labute approximate surface area is 144 Å². The Hall–Kier alpha value is -1.60. The lowest BCUT2D eigenvalue weighted by molar-refractivity contribution is 0.125. The topological polar surface area (TPSA) is 71.0 Å². The smallest absolute Gasteiger partial charge is 0.193 e. The van der Waals surface area contributed by atoms with Crippen LogP contribution in [0.1, 0.15) is 19.4 Å². The molecule has 1 saturated heterocycles. The number of rotatable bonds is 5. The molecular weight excluding hydrogens is 326 g/mol. The first-order valence-electron chi connectivity index (χ1n) is 8.15. The quantitative estimate of drug-likeness (QED) is 0.491. The van der Waals surface area contributed by atoms with Crippen LogP contribution < -0.4 is 5.32 Å². The van der Waals surface area contributed by atoms with Gasteiger partial charge in [-0.3, -0.25) is 4.99 Å². The number of benzene rings is 1. The molecule has 1 fully saturated rings. The Kier molecular flexibility index (Phi) is 6.23. The molecule has 6 nitrogen and oxygen atoms in total. The van der Waals surface area contributed by atoms with Gasteiger partial charge in [0.15, 0.2) is 15.8 Å². The van der Waals surface area contributed by atoms with E-state index in [1.54, 1.807) is 20.9 Å². The van der Waals surface area contributed by atoms with E-state index in [2.05, 4.69) is 10.3 Å². The van der Waals surface area contributed by atoms with Crippen LogP contribution in [0.25, 0.3) is 0 Å². The number of nitrogens with one attached hydrogen (secondary N) is 1. The van der Waals surface area contributed by atoms with Crippen LogP contribution in [0.5, 0.6) is 0 Å². The summed E-state index contributed by atoms with van der Waals surface area (Å²) >= 11 is 0. The summed E-state index contributed by atoms with van der Waals surface area (Å²) in [7, 11) is -1.33. The molecular formula is C17H27N3O3S. The van der Waals surface area contributed by atoms with E-state index < -0.39 is 14.6 Å². The standard InChI is InChI=1S/C17H27N3O3S/c1-17(2)14-20(10-12-24(17,21)22)16(18-3)19-9-11-23-13-15-7-5-4-6-8-15/h4-8H,9-14H2,1-3H3,(H,18,19). The highest BCUT2D eigenvalue weighted by atomic mass is 32.2. The molecule has 1 aromatic rings. The zero-order chi connectivity index (χ0) is 17.6. The Bertz CT molecular complexity index is 657. The molecule has 0 spiro atoms. The van der Waals surface area contributed by atoms with Crippen molar-refractivity contribution in [3.8, 4) is 0 Å². The minimum atomic E-state index is -3.04. The summed E-state index contributed by atoms with van der Waals surface area (Å²) in [5.41, 5.74) is 1.14. The van der Waals surface area contributed by atoms with E-state index >= 15 is 0 Å². The number of guanidine groups is 1. The van der Waals surface area contributed by atoms with Gasteiger partial charge in [0.2, 0.25) is 0 Å². The molecule has 1 aromatic carbocycles. The van der Waals surface area contributed by atoms with Crippen LogP contribution in [0.2, 0.25) is 0 Å². The molecule has 1 heterocycles.